The number of aliphatic hydroxyl groups excluding tert-OH is 1. The molecule has 1 heterocycles. The van der Waals surface area contributed by atoms with Gasteiger partial charge in [-0.05, 0) is 6.42 Å². The van der Waals surface area contributed by atoms with E-state index in [2.05, 4.69) is 14.2 Å². The highest BCUT2D eigenvalue weighted by Gasteiger charge is 2.83. The fourth-order valence-corrected chi connectivity index (χ4v) is 1.26. The number of rotatable bonds is 4. The van der Waals surface area contributed by atoms with Gasteiger partial charge in [-0.25, -0.2) is 4.39 Å². The number of ether oxygens (including phenoxy) is 3. The van der Waals surface area contributed by atoms with E-state index in [4.69, 9.17) is 5.11 Å². The zero-order valence-corrected chi connectivity index (χ0v) is 9.39. The summed E-state index contributed by atoms with van der Waals surface area (Å²) in [7, 11) is 0. The Labute approximate surface area is 106 Å². The van der Waals surface area contributed by atoms with Crippen LogP contribution in [0.4, 0.5) is 35.1 Å². The minimum Gasteiger partial charge on any atom is -0.396 e. The molecule has 1 saturated heterocycles. The van der Waals surface area contributed by atoms with Crippen LogP contribution in [-0.4, -0.2) is 48.9 Å². The van der Waals surface area contributed by atoms with Crippen molar-refractivity contribution < 1.29 is 54.4 Å². The lowest BCUT2D eigenvalue weighted by atomic mass is 10.2. The summed E-state index contributed by atoms with van der Waals surface area (Å²) in [4.78, 5) is 0. The van der Waals surface area contributed by atoms with Gasteiger partial charge >= 0.3 is 24.2 Å². The summed E-state index contributed by atoms with van der Waals surface area (Å²) < 4.78 is 111. The summed E-state index contributed by atoms with van der Waals surface area (Å²) >= 11 is 0. The highest BCUT2D eigenvalue weighted by Crippen LogP contribution is 2.55. The molecule has 4 nitrogen and oxygen atoms in total. The summed E-state index contributed by atoms with van der Waals surface area (Å²) in [6.45, 7) is -1.50. The summed E-state index contributed by atoms with van der Waals surface area (Å²) in [6.07, 6.45) is -16.7. The molecular formula is C8H8F8O4. The first kappa shape index (κ1) is 17.3. The summed E-state index contributed by atoms with van der Waals surface area (Å²) in [5.74, 6) is -5.46. The fourth-order valence-electron chi connectivity index (χ4n) is 1.26. The maximum atomic E-state index is 13.6. The summed E-state index contributed by atoms with van der Waals surface area (Å²) in [6, 6.07) is -4.39. The Morgan fingerprint density at radius 1 is 1.10 bits per heavy atom. The molecule has 1 N–H and O–H groups in total. The van der Waals surface area contributed by atoms with Crippen LogP contribution in [0, 0.1) is 0 Å². The van der Waals surface area contributed by atoms with Crippen molar-refractivity contribution in [2.24, 2.45) is 0 Å². The van der Waals surface area contributed by atoms with Crippen molar-refractivity contribution in [3.05, 3.63) is 0 Å². The normalized spacial score (nSPS) is 30.8. The van der Waals surface area contributed by atoms with Gasteiger partial charge in [0.05, 0.1) is 6.61 Å². The fraction of sp³-hybridized carbons (Fsp3) is 1.00. The lowest BCUT2D eigenvalue weighted by Gasteiger charge is -2.31. The molecule has 1 aliphatic rings. The molecule has 0 radical (unpaired) electrons. The number of hydrogen-bond acceptors (Lipinski definition) is 4. The first-order valence-electron chi connectivity index (χ1n) is 4.99. The SMILES string of the molecule is OCCCOC1(F)OC(C(F)(F)F)(C(F)(F)F)OC1F. The van der Waals surface area contributed by atoms with Crippen molar-refractivity contribution in [2.75, 3.05) is 13.2 Å². The molecule has 0 spiro atoms. The van der Waals surface area contributed by atoms with E-state index in [0.717, 1.165) is 0 Å². The summed E-state index contributed by atoms with van der Waals surface area (Å²) in [5, 5.41) is 8.32. The van der Waals surface area contributed by atoms with Crippen LogP contribution < -0.4 is 0 Å². The second kappa shape index (κ2) is 5.24. The number of aliphatic hydroxyl groups is 1. The van der Waals surface area contributed by atoms with Gasteiger partial charge in [-0.2, -0.15) is 30.7 Å². The quantitative estimate of drug-likeness (QED) is 0.637. The van der Waals surface area contributed by atoms with E-state index in [9.17, 15) is 35.1 Å². The first-order chi connectivity index (χ1) is 8.90. The Morgan fingerprint density at radius 3 is 1.95 bits per heavy atom. The van der Waals surface area contributed by atoms with E-state index in [1.807, 2.05) is 0 Å². The second-order valence-electron chi connectivity index (χ2n) is 3.66. The predicted molar refractivity (Wildman–Crippen MR) is 43.4 cm³/mol. The molecular weight excluding hydrogens is 312 g/mol. The Balaban J connectivity index is 3.04. The number of halogens is 8. The Hall–Kier alpha value is -0.720. The van der Waals surface area contributed by atoms with E-state index in [1.54, 1.807) is 0 Å². The van der Waals surface area contributed by atoms with Crippen LogP contribution in [0.3, 0.4) is 0 Å². The van der Waals surface area contributed by atoms with Crippen molar-refractivity contribution >= 4 is 0 Å². The van der Waals surface area contributed by atoms with Gasteiger partial charge in [0.2, 0.25) is 0 Å². The molecule has 12 heteroatoms. The maximum Gasteiger partial charge on any atom is 0.453 e. The zero-order valence-electron chi connectivity index (χ0n) is 9.39. The molecule has 0 aromatic carbocycles. The average molecular weight is 320 g/mol. The van der Waals surface area contributed by atoms with E-state index in [1.165, 1.54) is 0 Å². The van der Waals surface area contributed by atoms with E-state index in [0.29, 0.717) is 0 Å². The third kappa shape index (κ3) is 2.82. The van der Waals surface area contributed by atoms with Crippen molar-refractivity contribution in [1.82, 2.24) is 0 Å². The van der Waals surface area contributed by atoms with Gasteiger partial charge in [-0.15, -0.1) is 0 Å². The standard InChI is InChI=1S/C8H8F8O4/c9-4-5(10,18-3-1-2-17)20-6(19-4,7(11,12)13)8(14,15)16/h4,17H,1-3H2. The first-order valence-corrected chi connectivity index (χ1v) is 4.99. The topological polar surface area (TPSA) is 47.9 Å². The maximum absolute atomic E-state index is 13.6. The lowest BCUT2D eigenvalue weighted by Crippen LogP contribution is -2.58. The van der Waals surface area contributed by atoms with Gasteiger partial charge in [0, 0.05) is 6.61 Å². The van der Waals surface area contributed by atoms with Gasteiger partial charge < -0.3 is 9.84 Å². The molecule has 0 saturated carbocycles. The smallest absolute Gasteiger partial charge is 0.396 e. The predicted octanol–water partition coefficient (Wildman–Crippen LogP) is 2.17. The van der Waals surface area contributed by atoms with Crippen LogP contribution in [0.1, 0.15) is 6.42 Å². The third-order valence-electron chi connectivity index (χ3n) is 2.17. The van der Waals surface area contributed by atoms with Gasteiger partial charge in [0.25, 0.3) is 6.36 Å². The molecule has 2 atom stereocenters. The second-order valence-corrected chi connectivity index (χ2v) is 3.66. The largest absolute Gasteiger partial charge is 0.453 e. The molecule has 0 aromatic rings. The van der Waals surface area contributed by atoms with Gasteiger partial charge in [0.1, 0.15) is 0 Å². The minimum absolute atomic E-state index is 0.368. The van der Waals surface area contributed by atoms with Crippen LogP contribution in [0.2, 0.25) is 0 Å². The van der Waals surface area contributed by atoms with Crippen molar-refractivity contribution in [2.45, 2.75) is 37.0 Å². The summed E-state index contributed by atoms with van der Waals surface area (Å²) in [5.41, 5.74) is 0. The highest BCUT2D eigenvalue weighted by atomic mass is 19.4. The van der Waals surface area contributed by atoms with Crippen LogP contribution >= 0.6 is 0 Å². The molecule has 1 aliphatic heterocycles. The number of hydrogen-bond donors (Lipinski definition) is 1. The van der Waals surface area contributed by atoms with Gasteiger partial charge in [-0.3, -0.25) is 9.47 Å². The Kier molecular flexibility index (Phi) is 4.54. The molecule has 0 bridgehead atoms. The Morgan fingerprint density at radius 2 is 1.60 bits per heavy atom. The molecule has 0 aromatic heterocycles. The zero-order chi connectivity index (χ0) is 15.8. The molecule has 120 valence electrons. The van der Waals surface area contributed by atoms with Crippen molar-refractivity contribution in [3.63, 3.8) is 0 Å². The van der Waals surface area contributed by atoms with E-state index in [-0.39, 0.29) is 6.42 Å². The lowest BCUT2D eigenvalue weighted by molar-refractivity contribution is -0.470. The van der Waals surface area contributed by atoms with Crippen LogP contribution in [0.25, 0.3) is 0 Å². The van der Waals surface area contributed by atoms with Crippen LogP contribution in [0.15, 0.2) is 0 Å². The van der Waals surface area contributed by atoms with Gasteiger partial charge in [-0.1, -0.05) is 0 Å². The molecule has 20 heavy (non-hydrogen) atoms. The molecule has 0 aliphatic carbocycles. The molecule has 2 unspecified atom stereocenters. The van der Waals surface area contributed by atoms with Crippen LogP contribution in [-0.2, 0) is 14.2 Å². The molecule has 1 rings (SSSR count). The van der Waals surface area contributed by atoms with Crippen LogP contribution in [0.5, 0.6) is 0 Å². The van der Waals surface area contributed by atoms with Crippen molar-refractivity contribution in [3.8, 4) is 0 Å². The minimum atomic E-state index is -6.29. The Bertz CT molecular complexity index is 328. The highest BCUT2D eigenvalue weighted by molar-refractivity contribution is 4.94. The van der Waals surface area contributed by atoms with E-state index >= 15 is 0 Å². The third-order valence-corrected chi connectivity index (χ3v) is 2.17. The average Bonchev–Trinajstić information content (AvgIpc) is 2.52. The van der Waals surface area contributed by atoms with Gasteiger partial charge in [0.15, 0.2) is 0 Å². The molecule has 0 amide bonds. The molecule has 1 fully saturated rings. The van der Waals surface area contributed by atoms with E-state index < -0.39 is 43.8 Å². The number of alkyl halides is 8. The van der Waals surface area contributed by atoms with Crippen molar-refractivity contribution in [1.29, 1.82) is 0 Å². The monoisotopic (exact) mass is 320 g/mol.